The van der Waals surface area contributed by atoms with E-state index in [-0.39, 0.29) is 0 Å². The Morgan fingerprint density at radius 3 is 2.53 bits per heavy atom. The van der Waals surface area contributed by atoms with Gasteiger partial charge in [0.2, 0.25) is 0 Å². The van der Waals surface area contributed by atoms with E-state index in [4.69, 9.17) is 0 Å². The highest BCUT2D eigenvalue weighted by atomic mass is 15.2. The molecule has 0 spiro atoms. The summed E-state index contributed by atoms with van der Waals surface area (Å²) in [5.41, 5.74) is 0. The first-order valence-electron chi connectivity index (χ1n) is 8.86. The maximum absolute atomic E-state index is 3.81. The lowest BCUT2D eigenvalue weighted by Gasteiger charge is -2.36. The summed E-state index contributed by atoms with van der Waals surface area (Å²) in [6.07, 6.45) is 13.3. The summed E-state index contributed by atoms with van der Waals surface area (Å²) in [6, 6.07) is 1.71. The molecule has 2 nitrogen and oxygen atoms in total. The van der Waals surface area contributed by atoms with Gasteiger partial charge in [-0.2, -0.15) is 0 Å². The first-order chi connectivity index (χ1) is 9.38. The van der Waals surface area contributed by atoms with E-state index in [1.54, 1.807) is 0 Å². The molecule has 19 heavy (non-hydrogen) atoms. The number of nitrogens with zero attached hydrogens (tertiary/aromatic N) is 1. The summed E-state index contributed by atoms with van der Waals surface area (Å²) in [6.45, 7) is 6.13. The summed E-state index contributed by atoms with van der Waals surface area (Å²) >= 11 is 0. The smallest absolute Gasteiger partial charge is 0.0223 e. The largest absolute Gasteiger partial charge is 0.313 e. The molecule has 3 atom stereocenters. The summed E-state index contributed by atoms with van der Waals surface area (Å²) in [4.78, 5) is 2.86. The Balaban J connectivity index is 1.58. The van der Waals surface area contributed by atoms with Gasteiger partial charge in [-0.3, -0.25) is 4.90 Å². The first-order valence-corrected chi connectivity index (χ1v) is 8.86. The van der Waals surface area contributed by atoms with Gasteiger partial charge in [0, 0.05) is 18.6 Å². The van der Waals surface area contributed by atoms with Gasteiger partial charge in [-0.15, -0.1) is 0 Å². The summed E-state index contributed by atoms with van der Waals surface area (Å²) in [5, 5.41) is 3.81. The Kier molecular flexibility index (Phi) is 4.81. The molecule has 3 fully saturated rings. The molecular weight excluding hydrogens is 232 g/mol. The molecule has 1 aliphatic heterocycles. The van der Waals surface area contributed by atoms with Crippen molar-refractivity contribution in [3.05, 3.63) is 0 Å². The Morgan fingerprint density at radius 1 is 1.00 bits per heavy atom. The lowest BCUT2D eigenvalue weighted by molar-refractivity contribution is 0.152. The van der Waals surface area contributed by atoms with Crippen LogP contribution in [0.4, 0.5) is 0 Å². The van der Waals surface area contributed by atoms with E-state index in [1.807, 2.05) is 0 Å². The van der Waals surface area contributed by atoms with Crippen molar-refractivity contribution in [2.75, 3.05) is 19.6 Å². The normalized spacial score (nSPS) is 34.6. The molecule has 0 radical (unpaired) electrons. The van der Waals surface area contributed by atoms with Crippen LogP contribution in [0.3, 0.4) is 0 Å². The molecule has 0 bridgehead atoms. The zero-order valence-corrected chi connectivity index (χ0v) is 12.7. The molecule has 0 aromatic heterocycles. The third-order valence-corrected chi connectivity index (χ3v) is 5.99. The topological polar surface area (TPSA) is 15.3 Å². The van der Waals surface area contributed by atoms with Crippen molar-refractivity contribution < 1.29 is 0 Å². The zero-order chi connectivity index (χ0) is 13.1. The van der Waals surface area contributed by atoms with Crippen LogP contribution in [0, 0.1) is 11.8 Å². The number of likely N-dealkylation sites (tertiary alicyclic amines) is 1. The highest BCUT2D eigenvalue weighted by Crippen LogP contribution is 2.37. The van der Waals surface area contributed by atoms with Crippen molar-refractivity contribution in [1.29, 1.82) is 0 Å². The number of hydrogen-bond donors (Lipinski definition) is 1. The van der Waals surface area contributed by atoms with Crippen molar-refractivity contribution in [3.8, 4) is 0 Å². The molecule has 3 rings (SSSR count). The summed E-state index contributed by atoms with van der Waals surface area (Å²) in [5.74, 6) is 2.00. The second-order valence-electron chi connectivity index (χ2n) is 7.10. The Morgan fingerprint density at radius 2 is 1.74 bits per heavy atom. The second-order valence-corrected chi connectivity index (χ2v) is 7.10. The van der Waals surface area contributed by atoms with Gasteiger partial charge in [-0.05, 0) is 57.0 Å². The lowest BCUT2D eigenvalue weighted by atomic mass is 9.85. The zero-order valence-electron chi connectivity index (χ0n) is 12.7. The van der Waals surface area contributed by atoms with Crippen molar-refractivity contribution in [3.63, 3.8) is 0 Å². The van der Waals surface area contributed by atoms with Gasteiger partial charge in [0.1, 0.15) is 0 Å². The molecule has 2 aliphatic carbocycles. The number of nitrogens with one attached hydrogen (secondary N) is 1. The van der Waals surface area contributed by atoms with Crippen molar-refractivity contribution in [2.45, 2.75) is 76.8 Å². The molecule has 1 heterocycles. The van der Waals surface area contributed by atoms with E-state index in [2.05, 4.69) is 17.1 Å². The fourth-order valence-electron chi connectivity index (χ4n) is 4.98. The molecule has 2 saturated carbocycles. The monoisotopic (exact) mass is 264 g/mol. The summed E-state index contributed by atoms with van der Waals surface area (Å²) < 4.78 is 0. The average molecular weight is 264 g/mol. The van der Waals surface area contributed by atoms with Crippen LogP contribution in [-0.2, 0) is 0 Å². The number of fused-ring (bicyclic) bond motifs is 1. The van der Waals surface area contributed by atoms with Gasteiger partial charge in [0.15, 0.2) is 0 Å². The quantitative estimate of drug-likeness (QED) is 0.818. The van der Waals surface area contributed by atoms with E-state index in [0.717, 1.165) is 30.5 Å². The van der Waals surface area contributed by atoms with E-state index in [0.29, 0.717) is 0 Å². The molecule has 0 aromatic carbocycles. The van der Waals surface area contributed by atoms with E-state index in [9.17, 15) is 0 Å². The van der Waals surface area contributed by atoms with Crippen LogP contribution in [0.15, 0.2) is 0 Å². The van der Waals surface area contributed by atoms with E-state index >= 15 is 0 Å². The van der Waals surface area contributed by atoms with Crippen LogP contribution < -0.4 is 5.32 Å². The third kappa shape index (κ3) is 3.16. The highest BCUT2D eigenvalue weighted by Gasteiger charge is 2.37. The average Bonchev–Trinajstić information content (AvgIpc) is 3.08. The SMILES string of the molecule is CCNC(CN1CCC2CCCCC21)C1CCCC1. The predicted molar refractivity (Wildman–Crippen MR) is 81.4 cm³/mol. The lowest BCUT2D eigenvalue weighted by Crippen LogP contribution is -2.47. The van der Waals surface area contributed by atoms with Crippen LogP contribution in [0.25, 0.3) is 0 Å². The Labute approximate surface area is 119 Å². The van der Waals surface area contributed by atoms with Crippen molar-refractivity contribution in [1.82, 2.24) is 10.2 Å². The number of likely N-dealkylation sites (N-methyl/N-ethyl adjacent to an activating group) is 1. The Hall–Kier alpha value is -0.0800. The minimum Gasteiger partial charge on any atom is -0.313 e. The van der Waals surface area contributed by atoms with Gasteiger partial charge in [0.05, 0.1) is 0 Å². The van der Waals surface area contributed by atoms with Crippen molar-refractivity contribution >= 4 is 0 Å². The van der Waals surface area contributed by atoms with Crippen LogP contribution >= 0.6 is 0 Å². The molecule has 1 saturated heterocycles. The van der Waals surface area contributed by atoms with E-state index < -0.39 is 0 Å². The van der Waals surface area contributed by atoms with Gasteiger partial charge in [0.25, 0.3) is 0 Å². The molecule has 110 valence electrons. The number of hydrogen-bond acceptors (Lipinski definition) is 2. The van der Waals surface area contributed by atoms with Gasteiger partial charge in [-0.25, -0.2) is 0 Å². The van der Waals surface area contributed by atoms with Crippen LogP contribution in [0.5, 0.6) is 0 Å². The fourth-order valence-corrected chi connectivity index (χ4v) is 4.98. The second kappa shape index (κ2) is 6.58. The van der Waals surface area contributed by atoms with E-state index in [1.165, 1.54) is 70.9 Å². The minimum atomic E-state index is 0.771. The fraction of sp³-hybridized carbons (Fsp3) is 1.00. The van der Waals surface area contributed by atoms with Crippen LogP contribution in [0.2, 0.25) is 0 Å². The van der Waals surface area contributed by atoms with Gasteiger partial charge in [-0.1, -0.05) is 32.6 Å². The van der Waals surface area contributed by atoms with Gasteiger partial charge < -0.3 is 5.32 Å². The van der Waals surface area contributed by atoms with Crippen LogP contribution in [-0.4, -0.2) is 36.6 Å². The molecule has 1 N–H and O–H groups in total. The molecule has 3 aliphatic rings. The number of rotatable bonds is 5. The predicted octanol–water partition coefficient (Wildman–Crippen LogP) is 3.42. The minimum absolute atomic E-state index is 0.771. The standard InChI is InChI=1S/C17H32N2/c1-2-18-16(14-7-3-4-8-14)13-19-12-11-15-9-5-6-10-17(15)19/h14-18H,2-13H2,1H3. The Bertz CT molecular complexity index is 272. The maximum Gasteiger partial charge on any atom is 0.0223 e. The first kappa shape index (κ1) is 13.9. The third-order valence-electron chi connectivity index (χ3n) is 5.99. The molecule has 2 heteroatoms. The summed E-state index contributed by atoms with van der Waals surface area (Å²) in [7, 11) is 0. The highest BCUT2D eigenvalue weighted by molar-refractivity contribution is 4.93. The van der Waals surface area contributed by atoms with Crippen molar-refractivity contribution in [2.24, 2.45) is 11.8 Å². The van der Waals surface area contributed by atoms with Crippen LogP contribution in [0.1, 0.15) is 64.7 Å². The van der Waals surface area contributed by atoms with Gasteiger partial charge >= 0.3 is 0 Å². The molecule has 0 amide bonds. The molecule has 0 aromatic rings. The molecule has 3 unspecified atom stereocenters. The molecular formula is C17H32N2. The maximum atomic E-state index is 3.81.